The number of nitrogens with zero attached hydrogens (tertiary/aromatic N) is 1. The number of carbonyl (C=O) groups is 2. The van der Waals surface area contributed by atoms with Gasteiger partial charge in [-0.25, -0.2) is 4.39 Å². The molecule has 4 rings (SSSR count). The van der Waals surface area contributed by atoms with Gasteiger partial charge >= 0.3 is 5.97 Å². The van der Waals surface area contributed by atoms with Crippen molar-refractivity contribution in [2.24, 2.45) is 10.9 Å². The van der Waals surface area contributed by atoms with Crippen LogP contribution in [-0.4, -0.2) is 51.5 Å². The molecule has 0 bridgehead atoms. The minimum absolute atomic E-state index is 0.0845. The third-order valence-corrected chi connectivity index (χ3v) is 6.93. The first kappa shape index (κ1) is 26.5. The number of halogens is 1. The van der Waals surface area contributed by atoms with Gasteiger partial charge in [0.25, 0.3) is 0 Å². The van der Waals surface area contributed by atoms with E-state index in [0.717, 1.165) is 5.56 Å². The van der Waals surface area contributed by atoms with Crippen LogP contribution in [0.4, 0.5) is 4.39 Å². The first-order valence-corrected chi connectivity index (χ1v) is 12.4. The molecule has 0 fully saturated rings. The lowest BCUT2D eigenvalue weighted by atomic mass is 9.69. The molecule has 2 aromatic rings. The number of methoxy groups -OCH3 is 2. The predicted octanol–water partition coefficient (Wildman–Crippen LogP) is 5.00. The molecule has 0 radical (unpaired) electrons. The van der Waals surface area contributed by atoms with Crippen LogP contribution in [0.1, 0.15) is 49.7 Å². The van der Waals surface area contributed by atoms with Gasteiger partial charge in [0.15, 0.2) is 17.3 Å². The van der Waals surface area contributed by atoms with Crippen LogP contribution in [0, 0.1) is 11.7 Å². The molecular formula is C29H32FNO6. The minimum Gasteiger partial charge on any atom is -0.493 e. The standard InChI is InChI=1S/C29H32FNO6/c1-5-36-12-13-37-29(33)26-17(2)31-22-14-20(19-8-11-24(34-3)25(16-19)35-4)15-23(32)28(22)27(26)18-6-9-21(30)10-7-18/h6-11,16,20,26-27H,5,12-15H2,1-4H3/t20-,26?,27+/m0/s1. The molecule has 0 spiro atoms. The second kappa shape index (κ2) is 11.7. The van der Waals surface area contributed by atoms with Crippen LogP contribution in [0.2, 0.25) is 0 Å². The van der Waals surface area contributed by atoms with Gasteiger partial charge in [-0.2, -0.15) is 0 Å². The summed E-state index contributed by atoms with van der Waals surface area (Å²) in [4.78, 5) is 31.7. The average molecular weight is 510 g/mol. The fraction of sp³-hybridized carbons (Fsp3) is 0.414. The van der Waals surface area contributed by atoms with E-state index in [-0.39, 0.29) is 31.3 Å². The highest BCUT2D eigenvalue weighted by Gasteiger charge is 2.44. The summed E-state index contributed by atoms with van der Waals surface area (Å²) in [7, 11) is 3.15. The highest BCUT2D eigenvalue weighted by molar-refractivity contribution is 6.09. The van der Waals surface area contributed by atoms with Crippen molar-refractivity contribution in [3.05, 3.63) is 70.7 Å². The monoisotopic (exact) mass is 509 g/mol. The fourth-order valence-corrected chi connectivity index (χ4v) is 5.17. The molecule has 0 N–H and O–H groups in total. The first-order valence-electron chi connectivity index (χ1n) is 12.4. The van der Waals surface area contributed by atoms with Crippen molar-refractivity contribution < 1.29 is 32.9 Å². The summed E-state index contributed by atoms with van der Waals surface area (Å²) >= 11 is 0. The Morgan fingerprint density at radius 1 is 1.00 bits per heavy atom. The predicted molar refractivity (Wildman–Crippen MR) is 137 cm³/mol. The van der Waals surface area contributed by atoms with E-state index >= 15 is 0 Å². The lowest BCUT2D eigenvalue weighted by Crippen LogP contribution is -2.38. The van der Waals surface area contributed by atoms with E-state index < -0.39 is 23.6 Å². The molecular weight excluding hydrogens is 477 g/mol. The summed E-state index contributed by atoms with van der Waals surface area (Å²) < 4.78 is 35.3. The van der Waals surface area contributed by atoms with Crippen molar-refractivity contribution >= 4 is 17.5 Å². The van der Waals surface area contributed by atoms with Gasteiger partial charge in [-0.1, -0.05) is 18.2 Å². The van der Waals surface area contributed by atoms with E-state index in [9.17, 15) is 14.0 Å². The molecule has 2 aliphatic rings. The average Bonchev–Trinajstić information content (AvgIpc) is 2.90. The number of aliphatic imine (C=N–C) groups is 1. The number of ether oxygens (including phenoxy) is 4. The van der Waals surface area contributed by atoms with Gasteiger partial charge in [0.1, 0.15) is 18.3 Å². The van der Waals surface area contributed by atoms with Crippen LogP contribution in [0.3, 0.4) is 0 Å². The summed E-state index contributed by atoms with van der Waals surface area (Å²) in [5.74, 6) is -1.24. The molecule has 1 aliphatic heterocycles. The summed E-state index contributed by atoms with van der Waals surface area (Å²) in [6, 6.07) is 11.6. The van der Waals surface area contributed by atoms with E-state index in [1.165, 1.54) is 12.1 Å². The Labute approximate surface area is 216 Å². The van der Waals surface area contributed by atoms with Crippen LogP contribution >= 0.6 is 0 Å². The van der Waals surface area contributed by atoms with Crippen LogP contribution < -0.4 is 9.47 Å². The number of esters is 1. The zero-order chi connectivity index (χ0) is 26.5. The van der Waals surface area contributed by atoms with Gasteiger partial charge in [-0.15, -0.1) is 0 Å². The van der Waals surface area contributed by atoms with E-state index in [1.807, 2.05) is 25.1 Å². The molecule has 3 atom stereocenters. The Balaban J connectivity index is 1.70. The van der Waals surface area contributed by atoms with Crippen molar-refractivity contribution in [3.8, 4) is 11.5 Å². The molecule has 8 heteroatoms. The van der Waals surface area contributed by atoms with Crippen LogP contribution in [0.25, 0.3) is 0 Å². The van der Waals surface area contributed by atoms with Crippen molar-refractivity contribution in [2.45, 2.75) is 38.5 Å². The van der Waals surface area contributed by atoms with Crippen molar-refractivity contribution in [2.75, 3.05) is 34.0 Å². The maximum atomic E-state index is 13.8. The van der Waals surface area contributed by atoms with E-state index in [2.05, 4.69) is 0 Å². The highest BCUT2D eigenvalue weighted by Crippen LogP contribution is 2.47. The molecule has 196 valence electrons. The Morgan fingerprint density at radius 3 is 2.38 bits per heavy atom. The number of hydrogen-bond acceptors (Lipinski definition) is 7. The number of carbonyl (C=O) groups excluding carboxylic acids is 2. The third kappa shape index (κ3) is 5.59. The lowest BCUT2D eigenvalue weighted by molar-refractivity contribution is -0.148. The number of Topliss-reactive ketones (excluding diaryl/α,β-unsaturated/α-hetero) is 1. The molecule has 0 aromatic heterocycles. The van der Waals surface area contributed by atoms with Gasteiger partial charge in [0, 0.05) is 35.9 Å². The lowest BCUT2D eigenvalue weighted by Gasteiger charge is -2.36. The highest BCUT2D eigenvalue weighted by atomic mass is 19.1. The molecule has 0 amide bonds. The SMILES string of the molecule is CCOCCOC(=O)C1C(C)=NC2=C(C(=O)C[C@@H](c3ccc(OC)c(OC)c3)C2)[C@@H]1c1ccc(F)cc1. The molecule has 0 saturated heterocycles. The van der Waals surface area contributed by atoms with Gasteiger partial charge in [-0.3, -0.25) is 14.6 Å². The smallest absolute Gasteiger partial charge is 0.315 e. The Kier molecular flexibility index (Phi) is 8.38. The van der Waals surface area contributed by atoms with Crippen LogP contribution in [0.5, 0.6) is 11.5 Å². The maximum Gasteiger partial charge on any atom is 0.315 e. The van der Waals surface area contributed by atoms with E-state index in [0.29, 0.717) is 47.1 Å². The molecule has 2 aromatic carbocycles. The summed E-state index contributed by atoms with van der Waals surface area (Å²) in [5.41, 5.74) is 3.34. The largest absolute Gasteiger partial charge is 0.493 e. The number of ketones is 1. The Bertz CT molecular complexity index is 1220. The molecule has 1 aliphatic carbocycles. The molecule has 37 heavy (non-hydrogen) atoms. The van der Waals surface area contributed by atoms with Crippen molar-refractivity contribution in [3.63, 3.8) is 0 Å². The normalized spacial score (nSPS) is 21.3. The van der Waals surface area contributed by atoms with Crippen molar-refractivity contribution in [1.29, 1.82) is 0 Å². The van der Waals surface area contributed by atoms with Gasteiger partial charge in [0.2, 0.25) is 0 Å². The Morgan fingerprint density at radius 2 is 1.70 bits per heavy atom. The number of hydrogen-bond donors (Lipinski definition) is 0. The summed E-state index contributed by atoms with van der Waals surface area (Å²) in [6.07, 6.45) is 0.782. The second-order valence-corrected chi connectivity index (χ2v) is 9.13. The van der Waals surface area contributed by atoms with E-state index in [4.69, 9.17) is 23.9 Å². The quantitative estimate of drug-likeness (QED) is 0.350. The van der Waals surface area contributed by atoms with Crippen LogP contribution in [0.15, 0.2) is 58.7 Å². The second-order valence-electron chi connectivity index (χ2n) is 9.13. The van der Waals surface area contributed by atoms with Crippen LogP contribution in [-0.2, 0) is 19.1 Å². The molecule has 1 unspecified atom stereocenters. The van der Waals surface area contributed by atoms with Gasteiger partial charge in [0.05, 0.1) is 20.8 Å². The molecule has 7 nitrogen and oxygen atoms in total. The zero-order valence-electron chi connectivity index (χ0n) is 21.6. The zero-order valence-corrected chi connectivity index (χ0v) is 21.6. The number of allylic oxidation sites excluding steroid dienone is 2. The maximum absolute atomic E-state index is 13.8. The van der Waals surface area contributed by atoms with E-state index in [1.54, 1.807) is 33.3 Å². The van der Waals surface area contributed by atoms with Gasteiger partial charge < -0.3 is 18.9 Å². The van der Waals surface area contributed by atoms with Gasteiger partial charge in [-0.05, 0) is 61.6 Å². The fourth-order valence-electron chi connectivity index (χ4n) is 5.17. The summed E-state index contributed by atoms with van der Waals surface area (Å²) in [5, 5.41) is 0. The minimum atomic E-state index is -0.785. The first-order chi connectivity index (χ1) is 17.9. The third-order valence-electron chi connectivity index (χ3n) is 6.93. The molecule has 1 heterocycles. The van der Waals surface area contributed by atoms with Crippen molar-refractivity contribution in [1.82, 2.24) is 0 Å². The Hall–Kier alpha value is -3.52. The topological polar surface area (TPSA) is 83.4 Å². The number of rotatable bonds is 9. The summed E-state index contributed by atoms with van der Waals surface area (Å²) in [6.45, 7) is 4.55. The number of benzene rings is 2. The molecule has 0 saturated carbocycles.